The van der Waals surface area contributed by atoms with Crippen LogP contribution in [-0.4, -0.2) is 33.1 Å². The molecule has 1 saturated heterocycles. The molecule has 1 aliphatic rings. The highest BCUT2D eigenvalue weighted by atomic mass is 16.1. The number of nitrogens with zero attached hydrogens (tertiary/aromatic N) is 3. The fraction of sp³-hybridized carbons (Fsp3) is 0.300. The van der Waals surface area contributed by atoms with Crippen LogP contribution >= 0.6 is 0 Å². The highest BCUT2D eigenvalue weighted by Gasteiger charge is 2.21. The number of anilines is 1. The summed E-state index contributed by atoms with van der Waals surface area (Å²) in [5.41, 5.74) is 0.918. The van der Waals surface area contributed by atoms with E-state index in [2.05, 4.69) is 20.7 Å². The van der Waals surface area contributed by atoms with Crippen LogP contribution in [-0.2, 0) is 4.79 Å². The van der Waals surface area contributed by atoms with Crippen molar-refractivity contribution in [1.82, 2.24) is 19.9 Å². The Balaban J connectivity index is 1.88. The van der Waals surface area contributed by atoms with Crippen LogP contribution in [0.3, 0.4) is 0 Å². The maximum Gasteiger partial charge on any atom is 0.222 e. The third-order valence-corrected chi connectivity index (χ3v) is 2.64. The second-order valence-electron chi connectivity index (χ2n) is 3.79. The van der Waals surface area contributed by atoms with E-state index in [1.165, 1.54) is 0 Å². The van der Waals surface area contributed by atoms with Crippen molar-refractivity contribution in [3.05, 3.63) is 24.7 Å². The molecule has 0 radical (unpaired) electrons. The van der Waals surface area contributed by atoms with Crippen LogP contribution in [0.15, 0.2) is 24.7 Å². The number of hydrogen-bond acceptors (Lipinski definition) is 4. The number of rotatable bonds is 2. The molecule has 1 atom stereocenters. The minimum Gasteiger partial charge on any atom is -0.363 e. The molecule has 3 rings (SSSR count). The van der Waals surface area contributed by atoms with E-state index >= 15 is 0 Å². The zero-order valence-corrected chi connectivity index (χ0v) is 8.55. The average Bonchev–Trinajstić information content (AvgIpc) is 2.87. The lowest BCUT2D eigenvalue weighted by molar-refractivity contribution is -0.119. The van der Waals surface area contributed by atoms with E-state index in [-0.39, 0.29) is 11.9 Å². The SMILES string of the molecule is O=C1CC(Nc2nccn3nccc23)CN1. The number of amides is 1. The largest absolute Gasteiger partial charge is 0.363 e. The van der Waals surface area contributed by atoms with E-state index in [0.29, 0.717) is 13.0 Å². The molecule has 82 valence electrons. The Bertz CT molecular complexity index is 535. The van der Waals surface area contributed by atoms with E-state index in [9.17, 15) is 4.79 Å². The van der Waals surface area contributed by atoms with Gasteiger partial charge in [-0.1, -0.05) is 0 Å². The molecule has 0 aromatic carbocycles. The van der Waals surface area contributed by atoms with Crippen LogP contribution in [0.4, 0.5) is 5.82 Å². The first-order valence-electron chi connectivity index (χ1n) is 5.14. The zero-order chi connectivity index (χ0) is 11.0. The number of carbonyl (C=O) groups is 1. The van der Waals surface area contributed by atoms with Crippen LogP contribution in [0.2, 0.25) is 0 Å². The molecule has 0 spiro atoms. The molecule has 2 N–H and O–H groups in total. The summed E-state index contributed by atoms with van der Waals surface area (Å²) < 4.78 is 1.75. The van der Waals surface area contributed by atoms with Gasteiger partial charge >= 0.3 is 0 Å². The number of carbonyl (C=O) groups excluding carboxylic acids is 1. The summed E-state index contributed by atoms with van der Waals surface area (Å²) in [6.45, 7) is 0.649. The molecule has 6 nitrogen and oxygen atoms in total. The van der Waals surface area contributed by atoms with Crippen molar-refractivity contribution in [1.29, 1.82) is 0 Å². The Morgan fingerprint density at radius 3 is 3.25 bits per heavy atom. The molecule has 1 fully saturated rings. The van der Waals surface area contributed by atoms with Crippen LogP contribution < -0.4 is 10.6 Å². The van der Waals surface area contributed by atoms with Crippen molar-refractivity contribution in [3.63, 3.8) is 0 Å². The quantitative estimate of drug-likeness (QED) is 0.744. The standard InChI is InChI=1S/C10H11N5O/c16-9-5-7(6-12-9)14-10-8-1-2-13-15(8)4-3-11-10/h1-4,7H,5-6H2,(H,11,14)(H,12,16). The minimum atomic E-state index is 0.0814. The van der Waals surface area contributed by atoms with E-state index < -0.39 is 0 Å². The third-order valence-electron chi connectivity index (χ3n) is 2.64. The number of aromatic nitrogens is 3. The Kier molecular flexibility index (Phi) is 1.99. The first-order chi connectivity index (χ1) is 7.83. The van der Waals surface area contributed by atoms with Gasteiger partial charge < -0.3 is 10.6 Å². The summed E-state index contributed by atoms with van der Waals surface area (Å²) in [7, 11) is 0. The Hall–Kier alpha value is -2.11. The van der Waals surface area contributed by atoms with Gasteiger partial charge in [-0.05, 0) is 6.07 Å². The minimum absolute atomic E-state index is 0.0814. The van der Waals surface area contributed by atoms with Gasteiger partial charge in [-0.3, -0.25) is 4.79 Å². The number of nitrogens with one attached hydrogen (secondary N) is 2. The molecule has 1 amide bonds. The van der Waals surface area contributed by atoms with Gasteiger partial charge in [0.1, 0.15) is 5.52 Å². The fourth-order valence-electron chi connectivity index (χ4n) is 1.87. The summed E-state index contributed by atoms with van der Waals surface area (Å²) in [5.74, 6) is 0.847. The molecule has 6 heteroatoms. The molecule has 0 bridgehead atoms. The van der Waals surface area contributed by atoms with Crippen LogP contribution in [0, 0.1) is 0 Å². The predicted molar refractivity (Wildman–Crippen MR) is 58.0 cm³/mol. The zero-order valence-electron chi connectivity index (χ0n) is 8.55. The first-order valence-corrected chi connectivity index (χ1v) is 5.14. The van der Waals surface area contributed by atoms with Gasteiger partial charge in [0, 0.05) is 25.4 Å². The van der Waals surface area contributed by atoms with Crippen molar-refractivity contribution in [2.24, 2.45) is 0 Å². The Labute approximate surface area is 91.7 Å². The lowest BCUT2D eigenvalue weighted by Gasteiger charge is -2.11. The summed E-state index contributed by atoms with van der Waals surface area (Å²) in [6.07, 6.45) is 5.70. The molecule has 0 saturated carbocycles. The van der Waals surface area contributed by atoms with Gasteiger partial charge in [0.2, 0.25) is 5.91 Å². The lowest BCUT2D eigenvalue weighted by Crippen LogP contribution is -2.23. The van der Waals surface area contributed by atoms with Crippen LogP contribution in [0.5, 0.6) is 0 Å². The fourth-order valence-corrected chi connectivity index (χ4v) is 1.87. The van der Waals surface area contributed by atoms with E-state index in [1.807, 2.05) is 6.07 Å². The number of fused-ring (bicyclic) bond motifs is 1. The van der Waals surface area contributed by atoms with Crippen molar-refractivity contribution >= 4 is 17.2 Å². The second kappa shape index (κ2) is 3.48. The topological polar surface area (TPSA) is 71.3 Å². The molecule has 1 aliphatic heterocycles. The van der Waals surface area contributed by atoms with E-state index in [4.69, 9.17) is 0 Å². The average molecular weight is 217 g/mol. The Morgan fingerprint density at radius 1 is 1.50 bits per heavy atom. The molecule has 3 heterocycles. The Morgan fingerprint density at radius 2 is 2.44 bits per heavy atom. The molecular formula is C10H11N5O. The van der Waals surface area contributed by atoms with Gasteiger partial charge in [-0.2, -0.15) is 5.10 Å². The van der Waals surface area contributed by atoms with E-state index in [1.54, 1.807) is 23.1 Å². The highest BCUT2D eigenvalue weighted by Crippen LogP contribution is 2.15. The predicted octanol–water partition coefficient (Wildman–Crippen LogP) is 0.0297. The first kappa shape index (κ1) is 9.14. The lowest BCUT2D eigenvalue weighted by atomic mass is 10.2. The molecule has 2 aromatic heterocycles. The molecule has 2 aromatic rings. The van der Waals surface area contributed by atoms with Crippen LogP contribution in [0.1, 0.15) is 6.42 Å². The maximum atomic E-state index is 11.1. The summed E-state index contributed by atoms with van der Waals surface area (Å²) in [6, 6.07) is 2.00. The van der Waals surface area contributed by atoms with Gasteiger partial charge in [0.05, 0.1) is 12.2 Å². The third kappa shape index (κ3) is 1.48. The number of hydrogen-bond donors (Lipinski definition) is 2. The van der Waals surface area contributed by atoms with Gasteiger partial charge in [0.25, 0.3) is 0 Å². The van der Waals surface area contributed by atoms with Crippen LogP contribution in [0.25, 0.3) is 5.52 Å². The van der Waals surface area contributed by atoms with Gasteiger partial charge in [-0.15, -0.1) is 0 Å². The highest BCUT2D eigenvalue weighted by molar-refractivity contribution is 5.80. The van der Waals surface area contributed by atoms with Crippen molar-refractivity contribution < 1.29 is 4.79 Å². The molecular weight excluding hydrogens is 206 g/mol. The van der Waals surface area contributed by atoms with Crippen molar-refractivity contribution in [2.45, 2.75) is 12.5 Å². The molecule has 16 heavy (non-hydrogen) atoms. The summed E-state index contributed by atoms with van der Waals surface area (Å²) in [4.78, 5) is 15.3. The monoisotopic (exact) mass is 217 g/mol. The summed E-state index contributed by atoms with van der Waals surface area (Å²) >= 11 is 0. The summed E-state index contributed by atoms with van der Waals surface area (Å²) in [5, 5.41) is 10.1. The van der Waals surface area contributed by atoms with Gasteiger partial charge in [-0.25, -0.2) is 9.50 Å². The molecule has 0 aliphatic carbocycles. The maximum absolute atomic E-state index is 11.1. The van der Waals surface area contributed by atoms with Gasteiger partial charge in [0.15, 0.2) is 5.82 Å². The van der Waals surface area contributed by atoms with Crippen molar-refractivity contribution in [2.75, 3.05) is 11.9 Å². The normalized spacial score (nSPS) is 20.0. The van der Waals surface area contributed by atoms with Crippen molar-refractivity contribution in [3.8, 4) is 0 Å². The smallest absolute Gasteiger partial charge is 0.222 e. The molecule has 1 unspecified atom stereocenters. The van der Waals surface area contributed by atoms with E-state index in [0.717, 1.165) is 11.3 Å². The second-order valence-corrected chi connectivity index (χ2v) is 3.79.